The average Bonchev–Trinajstić information content (AvgIpc) is 4.02. The topological polar surface area (TPSA) is 40.1 Å². The van der Waals surface area contributed by atoms with Gasteiger partial charge in [0.2, 0.25) is 0 Å². The van der Waals surface area contributed by atoms with E-state index < -0.39 is 25.1 Å². The summed E-state index contributed by atoms with van der Waals surface area (Å²) in [6.07, 6.45) is 0. The molecule has 8 heteroatoms. The molecule has 0 fully saturated rings. The molecule has 0 saturated heterocycles. The first-order chi connectivity index (χ1) is 34.4. The molecule has 8 aromatic carbocycles. The van der Waals surface area contributed by atoms with Crippen LogP contribution in [-0.2, 0) is 24.8 Å². The number of rotatable bonds is 8. The van der Waals surface area contributed by atoms with Gasteiger partial charge in [-0.2, -0.15) is 0 Å². The number of fused-ring (bicyclic) bond motifs is 4. The third-order valence-corrected chi connectivity index (χ3v) is 13.6. The minimum absolute atomic E-state index is 0.0316. The molecule has 0 saturated carbocycles. The quantitative estimate of drug-likeness (QED) is 0.142. The average molecular weight is 1040 g/mol. The Bertz CT molecular complexity index is 4000. The fraction of sp³-hybridized carbons (Fsp3) is 0.0690. The number of imidazole rings is 1. The van der Waals surface area contributed by atoms with Crippen molar-refractivity contribution >= 4 is 56.8 Å². The van der Waals surface area contributed by atoms with Crippen molar-refractivity contribution in [3.05, 3.63) is 222 Å². The van der Waals surface area contributed by atoms with Gasteiger partial charge < -0.3 is 0 Å². The van der Waals surface area contributed by atoms with Crippen molar-refractivity contribution < 1.29 is 30.9 Å². The van der Waals surface area contributed by atoms with Crippen LogP contribution >= 0.6 is 0 Å². The SMILES string of the molecule is [2H]c1c([2H])c([2H])c(B2N(c3cccc(Oc4cccc(-n5[c](=[Pt])n(-c6c(-c7ccccc7)cccc6-c6cccc(C(C)(C)C)c6)c6ccccc65)c4)n3)c3cccc4c5ccccc5n2c34)c([2H])c1[2H]. The van der Waals surface area contributed by atoms with Crippen LogP contribution in [0.4, 0.5) is 11.5 Å². The molecular formula is C58H44BN5OPt. The van der Waals surface area contributed by atoms with Crippen molar-refractivity contribution in [2.45, 2.75) is 26.2 Å². The third-order valence-electron chi connectivity index (χ3n) is 12.6. The fourth-order valence-electron chi connectivity index (χ4n) is 9.62. The molecule has 11 aromatic rings. The molecule has 0 bridgehead atoms. The van der Waals surface area contributed by atoms with Gasteiger partial charge in [-0.1, -0.05) is 60.5 Å². The van der Waals surface area contributed by atoms with E-state index >= 15 is 0 Å². The molecule has 0 aliphatic carbocycles. The van der Waals surface area contributed by atoms with E-state index in [1.54, 1.807) is 0 Å². The summed E-state index contributed by atoms with van der Waals surface area (Å²) < 4.78 is 58.5. The monoisotopic (exact) mass is 1040 g/mol. The molecule has 6 nitrogen and oxygen atoms in total. The zero-order valence-electron chi connectivity index (χ0n) is 41.4. The van der Waals surface area contributed by atoms with Gasteiger partial charge in [0.15, 0.2) is 0 Å². The van der Waals surface area contributed by atoms with E-state index in [2.05, 4.69) is 169 Å². The summed E-state index contributed by atoms with van der Waals surface area (Å²) in [6, 6.07) is 60.4. The number of hydrogen-bond donors (Lipinski definition) is 0. The summed E-state index contributed by atoms with van der Waals surface area (Å²) >= 11 is 2.46. The number of anilines is 2. The van der Waals surface area contributed by atoms with E-state index in [1.807, 2.05) is 71.5 Å². The predicted octanol–water partition coefficient (Wildman–Crippen LogP) is 13.8. The summed E-state index contributed by atoms with van der Waals surface area (Å²) in [4.78, 5) is 7.07. The Labute approximate surface area is 402 Å². The Balaban J connectivity index is 0.979. The molecule has 66 heavy (non-hydrogen) atoms. The maximum atomic E-state index is 9.18. The number of para-hydroxylation sites is 5. The Kier molecular flexibility index (Phi) is 8.40. The van der Waals surface area contributed by atoms with Crippen LogP contribution in [-0.4, -0.2) is 25.6 Å². The van der Waals surface area contributed by atoms with Gasteiger partial charge in [0.25, 0.3) is 0 Å². The molecule has 0 amide bonds. The van der Waals surface area contributed by atoms with E-state index in [0.29, 0.717) is 17.4 Å². The molecule has 3 aromatic heterocycles. The van der Waals surface area contributed by atoms with Gasteiger partial charge in [-0.15, -0.1) is 0 Å². The first kappa shape index (κ1) is 34.9. The Morgan fingerprint density at radius 3 is 2.05 bits per heavy atom. The predicted molar refractivity (Wildman–Crippen MR) is 269 cm³/mol. The van der Waals surface area contributed by atoms with Gasteiger partial charge in [0.05, 0.1) is 6.85 Å². The molecular weight excluding hydrogens is 989 g/mol. The Hall–Kier alpha value is -7.47. The summed E-state index contributed by atoms with van der Waals surface area (Å²) in [5.74, 6) is 1.39. The van der Waals surface area contributed by atoms with Crippen LogP contribution in [0.3, 0.4) is 0 Å². The number of pyridine rings is 1. The third kappa shape index (κ3) is 6.60. The molecule has 0 atom stereocenters. The molecule has 320 valence electrons. The molecule has 12 rings (SSSR count). The molecule has 0 N–H and O–H groups in total. The van der Waals surface area contributed by atoms with Crippen molar-refractivity contribution in [1.29, 1.82) is 0 Å². The first-order valence-corrected chi connectivity index (χ1v) is 23.1. The fourth-order valence-corrected chi connectivity index (χ4v) is 10.7. The van der Waals surface area contributed by atoms with E-state index in [9.17, 15) is 2.74 Å². The number of aromatic nitrogens is 4. The van der Waals surface area contributed by atoms with Crippen LogP contribution in [0.2, 0.25) is 0 Å². The smallest absolute Gasteiger partial charge is 0.0637 e. The van der Waals surface area contributed by atoms with Crippen LogP contribution in [0.5, 0.6) is 11.6 Å². The van der Waals surface area contributed by atoms with Crippen molar-refractivity contribution in [2.75, 3.05) is 4.81 Å². The van der Waals surface area contributed by atoms with E-state index in [4.69, 9.17) is 13.8 Å². The van der Waals surface area contributed by atoms with Crippen LogP contribution in [0.25, 0.3) is 66.5 Å². The van der Waals surface area contributed by atoms with Crippen molar-refractivity contribution in [2.24, 2.45) is 0 Å². The van der Waals surface area contributed by atoms with Crippen LogP contribution in [0, 0.1) is 3.80 Å². The molecule has 0 unspecified atom stereocenters. The van der Waals surface area contributed by atoms with Gasteiger partial charge in [0.1, 0.15) is 0 Å². The number of nitrogens with zero attached hydrogens (tertiary/aromatic N) is 5. The van der Waals surface area contributed by atoms with Crippen LogP contribution in [0.15, 0.2) is 212 Å². The standard InChI is InChI=1S/C58H44BN5O.Pt/c1-58(2,3)42-22-14-21-41(37-42)47-29-16-28-46(40-19-6-4-7-20-40)56(47)62-39-61(51-32-12-13-33-52(51)62)44-25-15-26-45(38-44)65-55-36-18-35-54(60-55)63-53-34-17-30-49-48-27-10-11-31-50(48)64(57(49)53)59(63)43-23-8-5-9-24-43;/h4-38H,1-3H3;/i5D,8D,9D,23D,24D;. The second kappa shape index (κ2) is 15.9. The second-order valence-corrected chi connectivity index (χ2v) is 18.6. The van der Waals surface area contributed by atoms with Gasteiger partial charge in [-0.05, 0) is 6.07 Å². The van der Waals surface area contributed by atoms with Crippen LogP contribution in [0.1, 0.15) is 33.2 Å². The maximum absolute atomic E-state index is 9.18. The molecule has 0 spiro atoms. The molecule has 0 radical (unpaired) electrons. The zero-order valence-corrected chi connectivity index (χ0v) is 38.6. The molecule has 1 aliphatic rings. The van der Waals surface area contributed by atoms with E-state index in [0.717, 1.165) is 76.0 Å². The van der Waals surface area contributed by atoms with Crippen molar-refractivity contribution in [3.8, 4) is 45.3 Å². The van der Waals surface area contributed by atoms with Gasteiger partial charge in [-0.25, -0.2) is 0 Å². The Morgan fingerprint density at radius 1 is 0.591 bits per heavy atom. The molecule has 1 aliphatic heterocycles. The summed E-state index contributed by atoms with van der Waals surface area (Å²) in [5.41, 5.74) is 12.5. The minimum Gasteiger partial charge on any atom is -0.0637 e. The van der Waals surface area contributed by atoms with Crippen LogP contribution < -0.4 is 15.0 Å². The van der Waals surface area contributed by atoms with E-state index in [-0.39, 0.29) is 23.0 Å². The number of hydrogen-bond acceptors (Lipinski definition) is 3. The molecule has 4 heterocycles. The van der Waals surface area contributed by atoms with Crippen molar-refractivity contribution in [1.82, 2.24) is 18.6 Å². The normalized spacial score (nSPS) is 13.6. The van der Waals surface area contributed by atoms with Gasteiger partial charge in [0, 0.05) is 16.3 Å². The zero-order chi connectivity index (χ0) is 48.9. The summed E-state index contributed by atoms with van der Waals surface area (Å²) in [5, 5.41) is 2.00. The summed E-state index contributed by atoms with van der Waals surface area (Å²) in [7, 11) is 0. The van der Waals surface area contributed by atoms with E-state index in [1.165, 1.54) is 5.56 Å². The Morgan fingerprint density at radius 2 is 1.24 bits per heavy atom. The number of benzene rings is 8. The van der Waals surface area contributed by atoms with Gasteiger partial charge in [-0.3, -0.25) is 0 Å². The first-order valence-electron chi connectivity index (χ1n) is 24.5. The summed E-state index contributed by atoms with van der Waals surface area (Å²) in [6.45, 7) is 5.89. The van der Waals surface area contributed by atoms with Crippen molar-refractivity contribution in [3.63, 3.8) is 0 Å². The number of ether oxygens (including phenoxy) is 1. The van der Waals surface area contributed by atoms with Gasteiger partial charge >= 0.3 is 314 Å². The second-order valence-electron chi connectivity index (χ2n) is 17.6. The minimum atomic E-state index is -0.861.